The number of hydrogen-bond donors (Lipinski definition) is 6. The number of aliphatic hydroxyl groups excluding tert-OH is 5. The fourth-order valence-corrected chi connectivity index (χ4v) is 9.23. The van der Waals surface area contributed by atoms with Crippen molar-refractivity contribution in [2.75, 3.05) is 13.2 Å². The van der Waals surface area contributed by atoms with Gasteiger partial charge in [0.25, 0.3) is 0 Å². The lowest BCUT2D eigenvalue weighted by molar-refractivity contribution is -0.302. The normalized spacial score (nSPS) is 19.9. The van der Waals surface area contributed by atoms with Gasteiger partial charge in [-0.25, -0.2) is 0 Å². The summed E-state index contributed by atoms with van der Waals surface area (Å²) in [5.41, 5.74) is 0. The zero-order valence-corrected chi connectivity index (χ0v) is 43.2. The predicted molar refractivity (Wildman–Crippen MR) is 277 cm³/mol. The molecule has 0 aliphatic carbocycles. The van der Waals surface area contributed by atoms with E-state index in [1.165, 1.54) is 218 Å². The molecule has 66 heavy (non-hydrogen) atoms. The fraction of sp³-hybridized carbons (Fsp3) is 0.912. The molecule has 9 nitrogen and oxygen atoms in total. The second-order valence-electron chi connectivity index (χ2n) is 20.1. The van der Waals surface area contributed by atoms with Gasteiger partial charge >= 0.3 is 0 Å². The molecule has 1 amide bonds. The first-order chi connectivity index (χ1) is 32.3. The van der Waals surface area contributed by atoms with Gasteiger partial charge in [-0.15, -0.1) is 0 Å². The van der Waals surface area contributed by atoms with Crippen LogP contribution in [0.5, 0.6) is 0 Å². The molecule has 390 valence electrons. The topological polar surface area (TPSA) is 149 Å². The monoisotopic (exact) mass is 936 g/mol. The van der Waals surface area contributed by atoms with Gasteiger partial charge in [0, 0.05) is 6.42 Å². The predicted octanol–water partition coefficient (Wildman–Crippen LogP) is 13.8. The van der Waals surface area contributed by atoms with Crippen molar-refractivity contribution in [2.24, 2.45) is 0 Å². The summed E-state index contributed by atoms with van der Waals surface area (Å²) in [5, 5.41) is 54.5. The van der Waals surface area contributed by atoms with Crippen molar-refractivity contribution in [1.82, 2.24) is 5.32 Å². The molecule has 9 heteroatoms. The number of aliphatic hydroxyl groups is 5. The Morgan fingerprint density at radius 3 is 1.27 bits per heavy atom. The maximum Gasteiger partial charge on any atom is 0.220 e. The summed E-state index contributed by atoms with van der Waals surface area (Å²) in [6.07, 6.45) is 52.4. The van der Waals surface area contributed by atoms with E-state index >= 15 is 0 Å². The summed E-state index contributed by atoms with van der Waals surface area (Å²) in [7, 11) is 0. The van der Waals surface area contributed by atoms with Crippen molar-refractivity contribution >= 4 is 5.91 Å². The summed E-state index contributed by atoms with van der Waals surface area (Å²) in [6, 6.07) is -0.818. The third-order valence-electron chi connectivity index (χ3n) is 13.8. The third-order valence-corrected chi connectivity index (χ3v) is 13.8. The Labute approximate surface area is 407 Å². The quantitative estimate of drug-likeness (QED) is 0.0261. The minimum Gasteiger partial charge on any atom is -0.394 e. The standard InChI is InChI=1S/C57H109NO8/c1-3-5-7-9-11-13-15-17-19-21-23-24-25-26-27-29-31-33-35-37-39-41-43-45-47-53(61)58-50(49-65-57-56(64)55(63)54(62)52(48-59)66-57)51(60)46-44-42-40-38-36-34-32-30-28-22-20-18-16-14-12-10-8-6-4-2/h36,38,44,46,50-52,54-57,59-60,62-64H,3-35,37,39-43,45,47-49H2,1-2H3,(H,58,61)/b38-36+,46-44+. The summed E-state index contributed by atoms with van der Waals surface area (Å²) in [4.78, 5) is 13.0. The zero-order chi connectivity index (χ0) is 48.0. The maximum atomic E-state index is 13.0. The lowest BCUT2D eigenvalue weighted by Crippen LogP contribution is -2.60. The molecule has 1 aliphatic rings. The van der Waals surface area contributed by atoms with Gasteiger partial charge in [0.05, 0.1) is 25.4 Å². The Kier molecular flexibility index (Phi) is 45.0. The zero-order valence-electron chi connectivity index (χ0n) is 43.2. The second-order valence-corrected chi connectivity index (χ2v) is 20.1. The van der Waals surface area contributed by atoms with E-state index in [1.807, 2.05) is 6.08 Å². The van der Waals surface area contributed by atoms with Crippen molar-refractivity contribution in [1.29, 1.82) is 0 Å². The molecule has 0 aromatic carbocycles. The van der Waals surface area contributed by atoms with E-state index in [0.717, 1.165) is 38.5 Å². The summed E-state index contributed by atoms with van der Waals surface area (Å²) in [6.45, 7) is 3.80. The summed E-state index contributed by atoms with van der Waals surface area (Å²) < 4.78 is 11.3. The number of nitrogens with one attached hydrogen (secondary N) is 1. The summed E-state index contributed by atoms with van der Waals surface area (Å²) in [5.74, 6) is -0.181. The molecule has 0 radical (unpaired) electrons. The molecule has 0 spiro atoms. The molecule has 7 unspecified atom stereocenters. The van der Waals surface area contributed by atoms with Crippen LogP contribution in [0.2, 0.25) is 0 Å². The Hall–Kier alpha value is -1.33. The second kappa shape index (κ2) is 47.4. The van der Waals surface area contributed by atoms with Gasteiger partial charge in [-0.05, 0) is 32.1 Å². The van der Waals surface area contributed by atoms with E-state index in [2.05, 4.69) is 31.3 Å². The Bertz CT molecular complexity index is 1090. The molecule has 1 rings (SSSR count). The van der Waals surface area contributed by atoms with Gasteiger partial charge in [-0.3, -0.25) is 4.79 Å². The number of hydrogen-bond acceptors (Lipinski definition) is 8. The van der Waals surface area contributed by atoms with Gasteiger partial charge in [0.15, 0.2) is 6.29 Å². The van der Waals surface area contributed by atoms with Gasteiger partial charge in [-0.2, -0.15) is 0 Å². The first-order valence-corrected chi connectivity index (χ1v) is 28.6. The molecule has 0 aromatic rings. The van der Waals surface area contributed by atoms with Gasteiger partial charge < -0.3 is 40.3 Å². The van der Waals surface area contributed by atoms with E-state index in [-0.39, 0.29) is 12.5 Å². The van der Waals surface area contributed by atoms with Gasteiger partial charge in [0.2, 0.25) is 5.91 Å². The highest BCUT2D eigenvalue weighted by Crippen LogP contribution is 2.23. The fourth-order valence-electron chi connectivity index (χ4n) is 9.23. The molecule has 0 saturated carbocycles. The van der Waals surface area contributed by atoms with Crippen LogP contribution in [-0.4, -0.2) is 87.5 Å². The molecule has 7 atom stereocenters. The lowest BCUT2D eigenvalue weighted by Gasteiger charge is -2.40. The molecule has 0 bridgehead atoms. The molecular weight excluding hydrogens is 827 g/mol. The van der Waals surface area contributed by atoms with Gasteiger partial charge in [0.1, 0.15) is 24.4 Å². The molecule has 0 aromatic heterocycles. The number of rotatable bonds is 49. The molecule has 1 heterocycles. The van der Waals surface area contributed by atoms with Crippen LogP contribution in [0.3, 0.4) is 0 Å². The lowest BCUT2D eigenvalue weighted by atomic mass is 9.99. The minimum absolute atomic E-state index is 0.181. The largest absolute Gasteiger partial charge is 0.394 e. The first kappa shape index (κ1) is 62.7. The highest BCUT2D eigenvalue weighted by atomic mass is 16.7. The summed E-state index contributed by atoms with van der Waals surface area (Å²) >= 11 is 0. The number of ether oxygens (including phenoxy) is 2. The Morgan fingerprint density at radius 2 is 0.864 bits per heavy atom. The maximum absolute atomic E-state index is 13.0. The first-order valence-electron chi connectivity index (χ1n) is 28.6. The van der Waals surface area contributed by atoms with Gasteiger partial charge in [-0.1, -0.05) is 263 Å². The van der Waals surface area contributed by atoms with Crippen molar-refractivity contribution in [3.05, 3.63) is 24.3 Å². The SMILES string of the molecule is CCCCCCCCCCCCCCC/C=C/CC/C=C/C(O)C(COC1OC(CO)C(O)C(O)C1O)NC(=O)CCCCCCCCCCCCCCCCCCCCCCCCCC. The highest BCUT2D eigenvalue weighted by Gasteiger charge is 2.44. The highest BCUT2D eigenvalue weighted by molar-refractivity contribution is 5.76. The number of allylic oxidation sites excluding steroid dienone is 3. The van der Waals surface area contributed by atoms with Crippen LogP contribution < -0.4 is 5.32 Å². The number of carbonyl (C=O) groups excluding carboxylic acids is 1. The van der Waals surface area contributed by atoms with Crippen LogP contribution in [0.1, 0.15) is 277 Å². The molecule has 1 fully saturated rings. The Morgan fingerprint density at radius 1 is 0.500 bits per heavy atom. The van der Waals surface area contributed by atoms with Crippen molar-refractivity contribution in [3.63, 3.8) is 0 Å². The van der Waals surface area contributed by atoms with Crippen LogP contribution in [-0.2, 0) is 14.3 Å². The van der Waals surface area contributed by atoms with E-state index in [1.54, 1.807) is 6.08 Å². The molecule has 1 aliphatic heterocycles. The van der Waals surface area contributed by atoms with Crippen LogP contribution >= 0.6 is 0 Å². The van der Waals surface area contributed by atoms with Crippen LogP contribution in [0.4, 0.5) is 0 Å². The smallest absolute Gasteiger partial charge is 0.220 e. The Balaban J connectivity index is 2.24. The number of unbranched alkanes of at least 4 members (excludes halogenated alkanes) is 37. The van der Waals surface area contributed by atoms with E-state index in [4.69, 9.17) is 9.47 Å². The molecule has 1 saturated heterocycles. The number of amides is 1. The average Bonchev–Trinajstić information content (AvgIpc) is 3.32. The average molecular weight is 936 g/mol. The van der Waals surface area contributed by atoms with Crippen molar-refractivity contribution in [3.8, 4) is 0 Å². The van der Waals surface area contributed by atoms with Crippen molar-refractivity contribution in [2.45, 2.75) is 320 Å². The number of carbonyl (C=O) groups is 1. The minimum atomic E-state index is -1.57. The molecule has 6 N–H and O–H groups in total. The van der Waals surface area contributed by atoms with Crippen LogP contribution in [0, 0.1) is 0 Å². The van der Waals surface area contributed by atoms with E-state index < -0.39 is 49.5 Å². The molecular formula is C57H109NO8. The van der Waals surface area contributed by atoms with Crippen molar-refractivity contribution < 1.29 is 39.8 Å². The van der Waals surface area contributed by atoms with Crippen LogP contribution in [0.25, 0.3) is 0 Å². The van der Waals surface area contributed by atoms with E-state index in [0.29, 0.717) is 6.42 Å². The third kappa shape index (κ3) is 36.6. The van der Waals surface area contributed by atoms with Crippen LogP contribution in [0.15, 0.2) is 24.3 Å². The van der Waals surface area contributed by atoms with E-state index in [9.17, 15) is 30.3 Å².